The van der Waals surface area contributed by atoms with Crippen molar-refractivity contribution in [1.29, 1.82) is 0 Å². The van der Waals surface area contributed by atoms with Crippen molar-refractivity contribution >= 4 is 35.1 Å². The summed E-state index contributed by atoms with van der Waals surface area (Å²) in [6.07, 6.45) is 4.06. The Kier molecular flexibility index (Phi) is 5.19. The Morgan fingerprint density at radius 2 is 2.04 bits per heavy atom. The van der Waals surface area contributed by atoms with E-state index in [0.717, 1.165) is 12.8 Å². The molecule has 3 aliphatic heterocycles. The lowest BCUT2D eigenvalue weighted by Crippen LogP contribution is -2.47. The number of fused-ring (bicyclic) bond motifs is 1. The Labute approximate surface area is 168 Å². The summed E-state index contributed by atoms with van der Waals surface area (Å²) in [6, 6.07) is 9.55. The monoisotopic (exact) mass is 400 g/mol. The summed E-state index contributed by atoms with van der Waals surface area (Å²) in [5.74, 6) is -0.145. The average molecular weight is 401 g/mol. The van der Waals surface area contributed by atoms with Crippen LogP contribution in [-0.4, -0.2) is 63.9 Å². The molecule has 3 aliphatic rings. The fourth-order valence-electron chi connectivity index (χ4n) is 4.13. The SMILES string of the molecule is C[C@]12CCC(=O)N1[C@@H](C(=O)OCC(=O)N1CC=C(c3ccccc3)CC1)CS2. The summed E-state index contributed by atoms with van der Waals surface area (Å²) in [5, 5.41) is 0. The lowest BCUT2D eigenvalue weighted by Gasteiger charge is -2.30. The molecule has 0 spiro atoms. The van der Waals surface area contributed by atoms with E-state index in [0.29, 0.717) is 25.3 Å². The highest BCUT2D eigenvalue weighted by atomic mass is 32.2. The molecule has 28 heavy (non-hydrogen) atoms. The van der Waals surface area contributed by atoms with Crippen LogP contribution >= 0.6 is 11.8 Å². The van der Waals surface area contributed by atoms with Crippen molar-refractivity contribution < 1.29 is 19.1 Å². The third-order valence-electron chi connectivity index (χ3n) is 5.76. The number of benzene rings is 1. The highest BCUT2D eigenvalue weighted by Gasteiger charge is 2.53. The van der Waals surface area contributed by atoms with E-state index in [9.17, 15) is 14.4 Å². The van der Waals surface area contributed by atoms with Crippen LogP contribution in [0.5, 0.6) is 0 Å². The minimum atomic E-state index is -0.580. The van der Waals surface area contributed by atoms with Gasteiger partial charge in [-0.3, -0.25) is 9.59 Å². The Bertz CT molecular complexity index is 825. The van der Waals surface area contributed by atoms with Gasteiger partial charge in [-0.25, -0.2) is 4.79 Å². The van der Waals surface area contributed by atoms with E-state index in [1.807, 2.05) is 25.1 Å². The van der Waals surface area contributed by atoms with Crippen molar-refractivity contribution in [2.45, 2.75) is 37.1 Å². The van der Waals surface area contributed by atoms with E-state index in [-0.39, 0.29) is 23.3 Å². The molecule has 6 nitrogen and oxygen atoms in total. The standard InChI is InChI=1S/C21H24N2O4S/c1-21-10-7-18(24)23(21)17(14-28-21)20(26)27-13-19(25)22-11-8-16(9-12-22)15-5-3-2-4-6-15/h2-6,8,17H,7,9-14H2,1H3/t17-,21+/m1/s1. The maximum absolute atomic E-state index is 12.5. The van der Waals surface area contributed by atoms with Gasteiger partial charge in [0.05, 0.1) is 4.87 Å². The Morgan fingerprint density at radius 1 is 1.25 bits per heavy atom. The smallest absolute Gasteiger partial charge is 0.330 e. The van der Waals surface area contributed by atoms with Crippen LogP contribution in [0.4, 0.5) is 0 Å². The van der Waals surface area contributed by atoms with Gasteiger partial charge in [0.1, 0.15) is 6.04 Å². The molecule has 0 saturated carbocycles. The molecule has 2 fully saturated rings. The van der Waals surface area contributed by atoms with Gasteiger partial charge in [0.2, 0.25) is 5.91 Å². The van der Waals surface area contributed by atoms with Gasteiger partial charge >= 0.3 is 5.97 Å². The quantitative estimate of drug-likeness (QED) is 0.726. The molecule has 148 valence electrons. The van der Waals surface area contributed by atoms with Gasteiger partial charge in [0.25, 0.3) is 5.91 Å². The lowest BCUT2D eigenvalue weighted by atomic mass is 10.00. The summed E-state index contributed by atoms with van der Waals surface area (Å²) >= 11 is 1.62. The van der Waals surface area contributed by atoms with Gasteiger partial charge in [-0.2, -0.15) is 0 Å². The molecule has 3 heterocycles. The topological polar surface area (TPSA) is 66.9 Å². The first-order valence-corrected chi connectivity index (χ1v) is 10.6. The normalized spacial score (nSPS) is 26.8. The highest BCUT2D eigenvalue weighted by molar-refractivity contribution is 8.01. The number of carbonyl (C=O) groups is 3. The van der Waals surface area contributed by atoms with Gasteiger partial charge < -0.3 is 14.5 Å². The Balaban J connectivity index is 1.30. The van der Waals surface area contributed by atoms with Crippen molar-refractivity contribution in [3.63, 3.8) is 0 Å². The van der Waals surface area contributed by atoms with Crippen LogP contribution in [0.15, 0.2) is 36.4 Å². The van der Waals surface area contributed by atoms with Crippen molar-refractivity contribution in [1.82, 2.24) is 9.80 Å². The molecule has 2 amide bonds. The van der Waals surface area contributed by atoms with Crippen molar-refractivity contribution in [3.8, 4) is 0 Å². The van der Waals surface area contributed by atoms with Crippen LogP contribution in [0.1, 0.15) is 31.7 Å². The molecule has 7 heteroatoms. The number of carbonyl (C=O) groups excluding carboxylic acids is 3. The van der Waals surface area contributed by atoms with E-state index in [2.05, 4.69) is 18.2 Å². The highest BCUT2D eigenvalue weighted by Crippen LogP contribution is 2.47. The zero-order valence-electron chi connectivity index (χ0n) is 15.9. The number of rotatable bonds is 4. The minimum absolute atomic E-state index is 0.00427. The van der Waals surface area contributed by atoms with Gasteiger partial charge in [-0.05, 0) is 30.9 Å². The van der Waals surface area contributed by atoms with Crippen molar-refractivity contribution in [2.75, 3.05) is 25.4 Å². The third kappa shape index (κ3) is 3.55. The first-order valence-electron chi connectivity index (χ1n) is 9.63. The van der Waals surface area contributed by atoms with E-state index in [4.69, 9.17) is 4.74 Å². The molecule has 1 aromatic rings. The van der Waals surface area contributed by atoms with Gasteiger partial charge in [-0.15, -0.1) is 11.8 Å². The lowest BCUT2D eigenvalue weighted by molar-refractivity contribution is -0.158. The fourth-order valence-corrected chi connectivity index (χ4v) is 5.54. The van der Waals surface area contributed by atoms with Gasteiger partial charge in [0, 0.05) is 25.3 Å². The molecule has 0 unspecified atom stereocenters. The van der Waals surface area contributed by atoms with Crippen LogP contribution in [0.25, 0.3) is 5.57 Å². The first-order chi connectivity index (χ1) is 13.5. The number of ether oxygens (including phenoxy) is 1. The van der Waals surface area contributed by atoms with Gasteiger partial charge in [0.15, 0.2) is 6.61 Å². The number of amides is 2. The van der Waals surface area contributed by atoms with Crippen LogP contribution in [0.2, 0.25) is 0 Å². The van der Waals surface area contributed by atoms with Crippen LogP contribution in [0, 0.1) is 0 Å². The summed E-state index contributed by atoms with van der Waals surface area (Å²) in [7, 11) is 0. The molecule has 4 rings (SSSR count). The molecular formula is C21H24N2O4S. The van der Waals surface area contributed by atoms with Crippen LogP contribution in [0.3, 0.4) is 0 Å². The second-order valence-electron chi connectivity index (χ2n) is 7.56. The molecule has 1 aromatic carbocycles. The predicted molar refractivity (Wildman–Crippen MR) is 107 cm³/mol. The second-order valence-corrected chi connectivity index (χ2v) is 9.06. The number of esters is 1. The fraction of sp³-hybridized carbons (Fsp3) is 0.476. The maximum Gasteiger partial charge on any atom is 0.330 e. The average Bonchev–Trinajstić information content (AvgIpc) is 3.22. The third-order valence-corrected chi connectivity index (χ3v) is 7.27. The van der Waals surface area contributed by atoms with Crippen molar-refractivity contribution in [2.24, 2.45) is 0 Å². The summed E-state index contributed by atoms with van der Waals surface area (Å²) in [4.78, 5) is 40.1. The molecule has 0 aromatic heterocycles. The summed E-state index contributed by atoms with van der Waals surface area (Å²) in [6.45, 7) is 2.85. The molecule has 2 atom stereocenters. The van der Waals surface area contributed by atoms with Crippen LogP contribution < -0.4 is 0 Å². The molecular weight excluding hydrogens is 376 g/mol. The number of thioether (sulfide) groups is 1. The zero-order valence-corrected chi connectivity index (χ0v) is 16.7. The Hall–Kier alpha value is -2.28. The Morgan fingerprint density at radius 3 is 2.75 bits per heavy atom. The number of hydrogen-bond acceptors (Lipinski definition) is 5. The summed E-state index contributed by atoms with van der Waals surface area (Å²) in [5.41, 5.74) is 2.41. The molecule has 2 saturated heterocycles. The molecule has 0 N–H and O–H groups in total. The van der Waals surface area contributed by atoms with E-state index in [1.165, 1.54) is 11.1 Å². The molecule has 0 radical (unpaired) electrons. The predicted octanol–water partition coefficient (Wildman–Crippen LogP) is 2.30. The van der Waals surface area contributed by atoms with Crippen LogP contribution in [-0.2, 0) is 19.1 Å². The zero-order chi connectivity index (χ0) is 19.7. The van der Waals surface area contributed by atoms with E-state index < -0.39 is 12.0 Å². The van der Waals surface area contributed by atoms with E-state index >= 15 is 0 Å². The largest absolute Gasteiger partial charge is 0.454 e. The molecule has 0 aliphatic carbocycles. The maximum atomic E-state index is 12.5. The molecule has 0 bridgehead atoms. The van der Waals surface area contributed by atoms with Gasteiger partial charge in [-0.1, -0.05) is 36.4 Å². The number of nitrogens with zero attached hydrogens (tertiary/aromatic N) is 2. The van der Waals surface area contributed by atoms with Crippen molar-refractivity contribution in [3.05, 3.63) is 42.0 Å². The van der Waals surface area contributed by atoms with E-state index in [1.54, 1.807) is 21.6 Å². The minimum Gasteiger partial charge on any atom is -0.454 e. The second kappa shape index (κ2) is 7.62. The summed E-state index contributed by atoms with van der Waals surface area (Å²) < 4.78 is 5.30. The first kappa shape index (κ1) is 19.1. The number of hydrogen-bond donors (Lipinski definition) is 0.